The molecule has 2 aromatic heterocycles. The summed E-state index contributed by atoms with van der Waals surface area (Å²) in [6, 6.07) is 6.89. The van der Waals surface area contributed by atoms with Crippen molar-refractivity contribution in [2.24, 2.45) is 0 Å². The molecule has 0 saturated heterocycles. The first kappa shape index (κ1) is 17.6. The Labute approximate surface area is 151 Å². The number of aromatic amines is 1. The molecule has 0 bridgehead atoms. The molecular weight excluding hydrogens is 332 g/mol. The molecule has 132 valence electrons. The first-order valence-electron chi connectivity index (χ1n) is 8.48. The molecule has 5 nitrogen and oxygen atoms in total. The van der Waals surface area contributed by atoms with Crippen LogP contribution in [0.4, 0.5) is 5.13 Å². The van der Waals surface area contributed by atoms with E-state index in [0.29, 0.717) is 11.2 Å². The Morgan fingerprint density at radius 3 is 2.88 bits per heavy atom. The van der Waals surface area contributed by atoms with Gasteiger partial charge in [0.05, 0.1) is 11.7 Å². The summed E-state index contributed by atoms with van der Waals surface area (Å²) in [5.74, 6) is -0.0960. The SMILES string of the molecule is CC(=O)Nc1nc([C@H](Cc2c[nH]c3ccc(C)cc23)NC(C)C)cs1. The maximum atomic E-state index is 11.2. The number of aryl methyl sites for hydroxylation is 1. The Bertz CT molecular complexity index is 881. The monoisotopic (exact) mass is 356 g/mol. The Hall–Kier alpha value is -2.18. The molecule has 3 N–H and O–H groups in total. The molecule has 2 heterocycles. The molecule has 0 radical (unpaired) electrons. The number of hydrogen-bond donors (Lipinski definition) is 3. The van der Waals surface area contributed by atoms with Crippen molar-refractivity contribution < 1.29 is 4.79 Å². The molecule has 0 unspecified atom stereocenters. The van der Waals surface area contributed by atoms with Crippen LogP contribution >= 0.6 is 11.3 Å². The summed E-state index contributed by atoms with van der Waals surface area (Å²) in [4.78, 5) is 19.2. The summed E-state index contributed by atoms with van der Waals surface area (Å²) in [7, 11) is 0. The molecular formula is C19H24N4OS. The van der Waals surface area contributed by atoms with Gasteiger partial charge < -0.3 is 15.6 Å². The Balaban J connectivity index is 1.88. The van der Waals surface area contributed by atoms with Gasteiger partial charge in [-0.1, -0.05) is 25.5 Å². The van der Waals surface area contributed by atoms with Crippen LogP contribution in [0.25, 0.3) is 10.9 Å². The van der Waals surface area contributed by atoms with Gasteiger partial charge in [-0.05, 0) is 31.0 Å². The highest BCUT2D eigenvalue weighted by Gasteiger charge is 2.19. The first-order chi connectivity index (χ1) is 11.9. The maximum Gasteiger partial charge on any atom is 0.223 e. The predicted molar refractivity (Wildman–Crippen MR) is 104 cm³/mol. The zero-order valence-electron chi connectivity index (χ0n) is 15.0. The summed E-state index contributed by atoms with van der Waals surface area (Å²) < 4.78 is 0. The fraction of sp³-hybridized carbons (Fsp3) is 0.368. The number of hydrogen-bond acceptors (Lipinski definition) is 4. The van der Waals surface area contributed by atoms with Crippen molar-refractivity contribution in [2.75, 3.05) is 5.32 Å². The van der Waals surface area contributed by atoms with Crippen LogP contribution in [0.2, 0.25) is 0 Å². The molecule has 0 aliphatic carbocycles. The number of aromatic nitrogens is 2. The van der Waals surface area contributed by atoms with Crippen molar-refractivity contribution in [1.82, 2.24) is 15.3 Å². The van der Waals surface area contributed by atoms with E-state index in [9.17, 15) is 4.79 Å². The molecule has 0 saturated carbocycles. The van der Waals surface area contributed by atoms with Crippen LogP contribution in [0.5, 0.6) is 0 Å². The molecule has 0 spiro atoms. The molecule has 3 rings (SSSR count). The minimum Gasteiger partial charge on any atom is -0.361 e. The number of H-pyrrole nitrogens is 1. The lowest BCUT2D eigenvalue weighted by Gasteiger charge is -2.19. The lowest BCUT2D eigenvalue weighted by atomic mass is 10.0. The van der Waals surface area contributed by atoms with Gasteiger partial charge >= 0.3 is 0 Å². The number of nitrogens with zero attached hydrogens (tertiary/aromatic N) is 1. The quantitative estimate of drug-likeness (QED) is 0.621. The van der Waals surface area contributed by atoms with E-state index in [0.717, 1.165) is 17.6 Å². The number of nitrogens with one attached hydrogen (secondary N) is 3. The van der Waals surface area contributed by atoms with E-state index in [1.807, 2.05) is 5.38 Å². The van der Waals surface area contributed by atoms with Crippen LogP contribution in [-0.4, -0.2) is 21.9 Å². The van der Waals surface area contributed by atoms with E-state index in [2.05, 4.69) is 65.8 Å². The third-order valence-corrected chi connectivity index (χ3v) is 4.82. The van der Waals surface area contributed by atoms with Gasteiger partial charge in [-0.3, -0.25) is 4.79 Å². The van der Waals surface area contributed by atoms with Gasteiger partial charge in [-0.2, -0.15) is 0 Å². The summed E-state index contributed by atoms with van der Waals surface area (Å²) in [6.45, 7) is 7.88. The van der Waals surface area contributed by atoms with Gasteiger partial charge in [0.15, 0.2) is 5.13 Å². The maximum absolute atomic E-state index is 11.2. The van der Waals surface area contributed by atoms with Gasteiger partial charge in [0.25, 0.3) is 0 Å². The molecule has 0 aliphatic heterocycles. The van der Waals surface area contributed by atoms with Gasteiger partial charge in [0, 0.05) is 35.4 Å². The number of carbonyl (C=O) groups is 1. The Morgan fingerprint density at radius 2 is 2.16 bits per heavy atom. The summed E-state index contributed by atoms with van der Waals surface area (Å²) in [5, 5.41) is 10.3. The number of thiazole rings is 1. The number of rotatable bonds is 6. The van der Waals surface area contributed by atoms with Crippen LogP contribution in [0, 0.1) is 6.92 Å². The first-order valence-corrected chi connectivity index (χ1v) is 9.36. The van der Waals surface area contributed by atoms with Crippen molar-refractivity contribution in [3.05, 3.63) is 46.6 Å². The van der Waals surface area contributed by atoms with E-state index >= 15 is 0 Å². The minimum atomic E-state index is -0.0960. The molecule has 1 atom stereocenters. The number of carbonyl (C=O) groups excluding carboxylic acids is 1. The zero-order valence-corrected chi connectivity index (χ0v) is 15.8. The summed E-state index contributed by atoms with van der Waals surface area (Å²) in [6.07, 6.45) is 2.92. The predicted octanol–water partition coefficient (Wildman–Crippen LogP) is 4.17. The van der Waals surface area contributed by atoms with E-state index in [4.69, 9.17) is 0 Å². The molecule has 6 heteroatoms. The average Bonchev–Trinajstić information content (AvgIpc) is 3.13. The second-order valence-electron chi connectivity index (χ2n) is 6.70. The third kappa shape index (κ3) is 4.27. The van der Waals surface area contributed by atoms with Gasteiger partial charge in [0.2, 0.25) is 5.91 Å². The highest BCUT2D eigenvalue weighted by molar-refractivity contribution is 7.13. The average molecular weight is 356 g/mol. The van der Waals surface area contributed by atoms with Crippen LogP contribution in [-0.2, 0) is 11.2 Å². The topological polar surface area (TPSA) is 69.8 Å². The Kier molecular flexibility index (Phi) is 5.20. The number of benzene rings is 1. The van der Waals surface area contributed by atoms with Crippen LogP contribution in [0.3, 0.4) is 0 Å². The van der Waals surface area contributed by atoms with Crippen molar-refractivity contribution >= 4 is 33.3 Å². The van der Waals surface area contributed by atoms with Crippen molar-refractivity contribution in [2.45, 2.75) is 46.2 Å². The van der Waals surface area contributed by atoms with Crippen LogP contribution < -0.4 is 10.6 Å². The zero-order chi connectivity index (χ0) is 18.0. The lowest BCUT2D eigenvalue weighted by molar-refractivity contribution is -0.114. The summed E-state index contributed by atoms with van der Waals surface area (Å²) in [5.41, 5.74) is 4.64. The van der Waals surface area contributed by atoms with E-state index in [1.54, 1.807) is 0 Å². The highest BCUT2D eigenvalue weighted by atomic mass is 32.1. The Morgan fingerprint density at radius 1 is 1.36 bits per heavy atom. The largest absolute Gasteiger partial charge is 0.361 e. The lowest BCUT2D eigenvalue weighted by Crippen LogP contribution is -2.30. The minimum absolute atomic E-state index is 0.0956. The van der Waals surface area contributed by atoms with Crippen molar-refractivity contribution in [1.29, 1.82) is 0 Å². The number of fused-ring (bicyclic) bond motifs is 1. The molecule has 0 fully saturated rings. The second kappa shape index (κ2) is 7.37. The molecule has 0 aliphatic rings. The number of anilines is 1. The van der Waals surface area contributed by atoms with Crippen LogP contribution in [0.1, 0.15) is 43.6 Å². The fourth-order valence-corrected chi connectivity index (χ4v) is 3.80. The van der Waals surface area contributed by atoms with Gasteiger partial charge in [-0.15, -0.1) is 11.3 Å². The van der Waals surface area contributed by atoms with E-state index in [1.165, 1.54) is 34.8 Å². The molecule has 1 aromatic carbocycles. The highest BCUT2D eigenvalue weighted by Crippen LogP contribution is 2.28. The van der Waals surface area contributed by atoms with Crippen molar-refractivity contribution in [3.8, 4) is 0 Å². The van der Waals surface area contributed by atoms with E-state index < -0.39 is 0 Å². The van der Waals surface area contributed by atoms with Crippen LogP contribution in [0.15, 0.2) is 29.8 Å². The van der Waals surface area contributed by atoms with Gasteiger partial charge in [-0.25, -0.2) is 4.98 Å². The molecule has 3 aromatic rings. The second-order valence-corrected chi connectivity index (χ2v) is 7.56. The fourth-order valence-electron chi connectivity index (χ4n) is 2.99. The standard InChI is InChI=1S/C19H24N4OS/c1-11(2)21-17(18-10-25-19(23-18)22-13(4)24)8-14-9-20-16-6-5-12(3)7-15(14)16/h5-7,9-11,17,20-21H,8H2,1-4H3,(H,22,23,24)/t17-/m0/s1. The number of amides is 1. The van der Waals surface area contributed by atoms with Crippen molar-refractivity contribution in [3.63, 3.8) is 0 Å². The smallest absolute Gasteiger partial charge is 0.223 e. The molecule has 1 amide bonds. The third-order valence-electron chi connectivity index (χ3n) is 4.04. The summed E-state index contributed by atoms with van der Waals surface area (Å²) >= 11 is 1.46. The van der Waals surface area contributed by atoms with E-state index in [-0.39, 0.29) is 11.9 Å². The van der Waals surface area contributed by atoms with Gasteiger partial charge in [0.1, 0.15) is 0 Å². The molecule has 25 heavy (non-hydrogen) atoms. The normalized spacial score (nSPS) is 12.7.